The molecule has 0 aliphatic heterocycles. The largest absolute Gasteiger partial charge is 0.393 e. The van der Waals surface area contributed by atoms with Gasteiger partial charge in [0.1, 0.15) is 17.0 Å². The normalized spacial score (nSPS) is 13.5. The van der Waals surface area contributed by atoms with Gasteiger partial charge in [-0.1, -0.05) is 0 Å². The molecule has 1 fully saturated rings. The van der Waals surface area contributed by atoms with Gasteiger partial charge in [-0.05, 0) is 38.8 Å². The van der Waals surface area contributed by atoms with E-state index in [0.717, 1.165) is 35.1 Å². The number of hydrogen-bond acceptors (Lipinski definition) is 6. The molecular formula is C21H25N7O2. The van der Waals surface area contributed by atoms with Crippen molar-refractivity contribution < 1.29 is 9.90 Å². The summed E-state index contributed by atoms with van der Waals surface area (Å²) in [7, 11) is 1.79. The van der Waals surface area contributed by atoms with Crippen molar-refractivity contribution in [2.24, 2.45) is 5.73 Å². The van der Waals surface area contributed by atoms with Crippen molar-refractivity contribution >= 4 is 28.4 Å². The summed E-state index contributed by atoms with van der Waals surface area (Å²) in [6, 6.07) is 6.08. The summed E-state index contributed by atoms with van der Waals surface area (Å²) in [5, 5.41) is 16.5. The Morgan fingerprint density at radius 3 is 2.67 bits per heavy atom. The highest BCUT2D eigenvalue weighted by atomic mass is 16.3. The van der Waals surface area contributed by atoms with Crippen molar-refractivity contribution in [3.05, 3.63) is 42.4 Å². The molecule has 0 aromatic carbocycles. The second kappa shape index (κ2) is 7.75. The molecule has 1 aliphatic rings. The Balaban J connectivity index is 0.000000489. The Labute approximate surface area is 173 Å². The Bertz CT molecular complexity index is 1220. The minimum Gasteiger partial charge on any atom is -0.393 e. The molecule has 0 bridgehead atoms. The Morgan fingerprint density at radius 1 is 1.33 bits per heavy atom. The lowest BCUT2D eigenvalue weighted by molar-refractivity contribution is 0.100. The maximum Gasteiger partial charge on any atom is 0.254 e. The van der Waals surface area contributed by atoms with Crippen LogP contribution in [0.25, 0.3) is 27.9 Å². The van der Waals surface area contributed by atoms with Gasteiger partial charge in [0.15, 0.2) is 5.65 Å². The summed E-state index contributed by atoms with van der Waals surface area (Å²) >= 11 is 0. The Kier molecular flexibility index (Phi) is 5.13. The lowest BCUT2D eigenvalue weighted by Crippen LogP contribution is -2.11. The van der Waals surface area contributed by atoms with Crippen molar-refractivity contribution in [2.75, 3.05) is 12.4 Å². The van der Waals surface area contributed by atoms with Crippen LogP contribution in [0.4, 0.5) is 5.82 Å². The van der Waals surface area contributed by atoms with E-state index >= 15 is 0 Å². The number of carbonyl (C=O) groups is 1. The van der Waals surface area contributed by atoms with Gasteiger partial charge in [0, 0.05) is 42.5 Å². The molecule has 9 heteroatoms. The first kappa shape index (κ1) is 19.8. The van der Waals surface area contributed by atoms with Crippen LogP contribution in [-0.2, 0) is 0 Å². The number of primary amides is 1. The molecule has 0 spiro atoms. The summed E-state index contributed by atoms with van der Waals surface area (Å²) in [5.74, 6) is 0.157. The van der Waals surface area contributed by atoms with Gasteiger partial charge in [-0.15, -0.1) is 0 Å². The molecule has 5 rings (SSSR count). The van der Waals surface area contributed by atoms with Crippen LogP contribution in [0.3, 0.4) is 0 Å². The van der Waals surface area contributed by atoms with Crippen molar-refractivity contribution in [1.29, 1.82) is 0 Å². The van der Waals surface area contributed by atoms with Crippen LogP contribution in [0, 0.1) is 0 Å². The molecule has 0 radical (unpaired) electrons. The standard InChI is InChI=1S/C18H19N7O.C3H6O/c1-10(2)24-9-13(11-5-4-6-21-17(11)24)14-7-15(20-3)25-18(23-14)12(8-22-25)16(19)26;4-3-1-2-3/h4-10,20H,1-3H3,(H2,19,26);3-4H,1-2H2. The lowest BCUT2D eigenvalue weighted by Gasteiger charge is -2.08. The number of carbonyl (C=O) groups excluding carboxylic acids is 1. The van der Waals surface area contributed by atoms with Crippen LogP contribution in [0.1, 0.15) is 43.1 Å². The summed E-state index contributed by atoms with van der Waals surface area (Å²) in [4.78, 5) is 20.9. The highest BCUT2D eigenvalue weighted by molar-refractivity contribution is 6.00. The van der Waals surface area contributed by atoms with Crippen molar-refractivity contribution in [1.82, 2.24) is 24.1 Å². The molecule has 0 atom stereocenters. The molecule has 4 aromatic rings. The maximum absolute atomic E-state index is 11.7. The van der Waals surface area contributed by atoms with E-state index in [1.54, 1.807) is 17.8 Å². The van der Waals surface area contributed by atoms with Crippen LogP contribution in [-0.4, -0.2) is 48.3 Å². The minimum atomic E-state index is -0.557. The quantitative estimate of drug-likeness (QED) is 0.478. The average Bonchev–Trinajstić information content (AvgIpc) is 3.25. The third kappa shape index (κ3) is 3.59. The first-order valence-corrected chi connectivity index (χ1v) is 9.91. The zero-order valence-electron chi connectivity index (χ0n) is 17.2. The highest BCUT2D eigenvalue weighted by Crippen LogP contribution is 2.32. The number of aliphatic hydroxyl groups is 1. The van der Waals surface area contributed by atoms with E-state index in [2.05, 4.69) is 38.8 Å². The van der Waals surface area contributed by atoms with Crippen LogP contribution >= 0.6 is 0 Å². The molecule has 156 valence electrons. The monoisotopic (exact) mass is 407 g/mol. The first-order valence-electron chi connectivity index (χ1n) is 9.91. The van der Waals surface area contributed by atoms with E-state index < -0.39 is 5.91 Å². The SMILES string of the molecule is CNc1cc(-c2cn(C(C)C)c3ncccc23)nc2c(C(N)=O)cnn12.OC1CC1. The highest BCUT2D eigenvalue weighted by Gasteiger charge is 2.19. The molecule has 4 aromatic heterocycles. The predicted octanol–water partition coefficient (Wildman–Crippen LogP) is 2.61. The molecule has 4 N–H and O–H groups in total. The number of amides is 1. The number of hydrogen-bond donors (Lipinski definition) is 3. The van der Waals surface area contributed by atoms with Crippen LogP contribution in [0.5, 0.6) is 0 Å². The Hall–Kier alpha value is -3.46. The zero-order chi connectivity index (χ0) is 21.4. The van der Waals surface area contributed by atoms with Crippen LogP contribution in [0.15, 0.2) is 36.8 Å². The number of aliphatic hydroxyl groups excluding tert-OH is 1. The first-order chi connectivity index (χ1) is 14.4. The molecule has 1 aliphatic carbocycles. The van der Waals surface area contributed by atoms with Gasteiger partial charge in [0.05, 0.1) is 18.0 Å². The van der Waals surface area contributed by atoms with Gasteiger partial charge < -0.3 is 20.7 Å². The number of nitrogens with zero attached hydrogens (tertiary/aromatic N) is 5. The third-order valence-electron chi connectivity index (χ3n) is 4.96. The van der Waals surface area contributed by atoms with Gasteiger partial charge in [-0.2, -0.15) is 9.61 Å². The third-order valence-corrected chi connectivity index (χ3v) is 4.96. The van der Waals surface area contributed by atoms with E-state index in [1.165, 1.54) is 6.20 Å². The zero-order valence-corrected chi connectivity index (χ0v) is 17.2. The van der Waals surface area contributed by atoms with Gasteiger partial charge in [0.2, 0.25) is 0 Å². The van der Waals surface area contributed by atoms with Crippen molar-refractivity contribution in [3.63, 3.8) is 0 Å². The van der Waals surface area contributed by atoms with Crippen molar-refractivity contribution in [2.45, 2.75) is 38.8 Å². The number of fused-ring (bicyclic) bond motifs is 2. The predicted molar refractivity (Wildman–Crippen MR) is 115 cm³/mol. The molecule has 1 saturated carbocycles. The number of pyridine rings is 1. The van der Waals surface area contributed by atoms with E-state index in [9.17, 15) is 4.79 Å². The lowest BCUT2D eigenvalue weighted by atomic mass is 10.1. The molecule has 30 heavy (non-hydrogen) atoms. The van der Waals surface area contributed by atoms with Gasteiger partial charge in [-0.3, -0.25) is 4.79 Å². The van der Waals surface area contributed by atoms with E-state index in [4.69, 9.17) is 10.8 Å². The van der Waals surface area contributed by atoms with E-state index in [-0.39, 0.29) is 17.7 Å². The number of nitrogens with two attached hydrogens (primary N) is 1. The summed E-state index contributed by atoms with van der Waals surface area (Å²) in [6.45, 7) is 4.21. The molecule has 0 unspecified atom stereocenters. The van der Waals surface area contributed by atoms with Gasteiger partial charge in [0.25, 0.3) is 5.91 Å². The molecule has 9 nitrogen and oxygen atoms in total. The minimum absolute atomic E-state index is 0.0833. The smallest absolute Gasteiger partial charge is 0.254 e. The Morgan fingerprint density at radius 2 is 2.07 bits per heavy atom. The van der Waals surface area contributed by atoms with Crippen molar-refractivity contribution in [3.8, 4) is 11.3 Å². The number of anilines is 1. The molecular weight excluding hydrogens is 382 g/mol. The van der Waals surface area contributed by atoms with Crippen LogP contribution in [0.2, 0.25) is 0 Å². The maximum atomic E-state index is 11.7. The average molecular weight is 407 g/mol. The molecule has 0 saturated heterocycles. The summed E-state index contributed by atoms with van der Waals surface area (Å²) in [6.07, 6.45) is 7.43. The second-order valence-corrected chi connectivity index (χ2v) is 7.58. The molecule has 4 heterocycles. The number of rotatable bonds is 4. The summed E-state index contributed by atoms with van der Waals surface area (Å²) in [5.41, 5.74) is 8.75. The van der Waals surface area contributed by atoms with Gasteiger partial charge in [-0.25, -0.2) is 9.97 Å². The van der Waals surface area contributed by atoms with Crippen LogP contribution < -0.4 is 11.1 Å². The van der Waals surface area contributed by atoms with E-state index in [1.807, 2.05) is 24.4 Å². The topological polar surface area (TPSA) is 123 Å². The second-order valence-electron chi connectivity index (χ2n) is 7.58. The number of aromatic nitrogens is 5. The number of nitrogens with one attached hydrogen (secondary N) is 1. The fourth-order valence-corrected chi connectivity index (χ4v) is 3.21. The molecule has 1 amide bonds. The van der Waals surface area contributed by atoms with E-state index in [0.29, 0.717) is 11.5 Å². The fraction of sp³-hybridized carbons (Fsp3) is 0.333. The van der Waals surface area contributed by atoms with Gasteiger partial charge >= 0.3 is 0 Å². The fourth-order valence-electron chi connectivity index (χ4n) is 3.21. The summed E-state index contributed by atoms with van der Waals surface area (Å²) < 4.78 is 3.68.